The highest BCUT2D eigenvalue weighted by molar-refractivity contribution is 7.47. The Morgan fingerprint density at radius 2 is 0.528 bits per heavy atom. The van der Waals surface area contributed by atoms with E-state index in [2.05, 4.69) is 174 Å². The summed E-state index contributed by atoms with van der Waals surface area (Å²) in [7, 11) is -10.0. The van der Waals surface area contributed by atoms with Crippen LogP contribution in [0.15, 0.2) is 170 Å². The van der Waals surface area contributed by atoms with Crippen molar-refractivity contribution in [1.29, 1.82) is 0 Å². The summed E-state index contributed by atoms with van der Waals surface area (Å²) >= 11 is 0. The lowest BCUT2D eigenvalue weighted by atomic mass is 10.0. The van der Waals surface area contributed by atoms with Gasteiger partial charge in [0.15, 0.2) is 12.2 Å². The maximum absolute atomic E-state index is 13.1. The van der Waals surface area contributed by atoms with Crippen LogP contribution in [-0.2, 0) is 65.4 Å². The van der Waals surface area contributed by atoms with Crippen molar-refractivity contribution in [2.45, 2.75) is 316 Å². The van der Waals surface area contributed by atoms with Gasteiger partial charge in [0.2, 0.25) is 0 Å². The first-order valence-corrected chi connectivity index (χ1v) is 43.4. The zero-order valence-electron chi connectivity index (χ0n) is 65.8. The number of hydrogen-bond acceptors (Lipinski definition) is 15. The first-order chi connectivity index (χ1) is 51.7. The molecule has 602 valence electrons. The van der Waals surface area contributed by atoms with Crippen molar-refractivity contribution in [2.75, 3.05) is 39.6 Å². The monoisotopic (exact) mass is 1520 g/mol. The summed E-state index contributed by atoms with van der Waals surface area (Å²) in [5.74, 6) is -2.39. The van der Waals surface area contributed by atoms with Crippen LogP contribution in [0.1, 0.15) is 297 Å². The molecule has 0 fully saturated rings. The average Bonchev–Trinajstić information content (AvgIpc) is 0.902. The van der Waals surface area contributed by atoms with Gasteiger partial charge in [-0.3, -0.25) is 37.3 Å². The van der Waals surface area contributed by atoms with Gasteiger partial charge in [-0.15, -0.1) is 0 Å². The topological polar surface area (TPSA) is 237 Å². The molecule has 5 atom stereocenters. The van der Waals surface area contributed by atoms with E-state index in [4.69, 9.17) is 37.0 Å². The number of aliphatic hydroxyl groups excluding tert-OH is 1. The number of ether oxygens (including phenoxy) is 4. The van der Waals surface area contributed by atoms with E-state index in [0.29, 0.717) is 25.7 Å². The van der Waals surface area contributed by atoms with Crippen molar-refractivity contribution >= 4 is 39.5 Å². The molecule has 0 aliphatic rings. The third kappa shape index (κ3) is 76.6. The van der Waals surface area contributed by atoms with Gasteiger partial charge in [-0.25, -0.2) is 9.13 Å². The van der Waals surface area contributed by atoms with Crippen LogP contribution in [0, 0.1) is 0 Å². The van der Waals surface area contributed by atoms with Gasteiger partial charge in [-0.1, -0.05) is 307 Å². The molecule has 19 heteroatoms. The van der Waals surface area contributed by atoms with Gasteiger partial charge >= 0.3 is 39.5 Å². The summed E-state index contributed by atoms with van der Waals surface area (Å²) in [6, 6.07) is 0. The van der Waals surface area contributed by atoms with Gasteiger partial charge in [0.1, 0.15) is 19.3 Å². The fraction of sp³-hybridized carbons (Fsp3) is 0.632. The Morgan fingerprint density at radius 1 is 0.283 bits per heavy atom. The lowest BCUT2D eigenvalue weighted by molar-refractivity contribution is -0.161. The Morgan fingerprint density at radius 3 is 0.849 bits per heavy atom. The summed E-state index contributed by atoms with van der Waals surface area (Å²) in [6.45, 7) is 4.36. The van der Waals surface area contributed by atoms with Gasteiger partial charge in [-0.2, -0.15) is 0 Å². The van der Waals surface area contributed by atoms with Crippen molar-refractivity contribution in [2.24, 2.45) is 0 Å². The van der Waals surface area contributed by atoms with Crippen molar-refractivity contribution in [3.05, 3.63) is 170 Å². The zero-order valence-corrected chi connectivity index (χ0v) is 67.6. The van der Waals surface area contributed by atoms with E-state index in [0.717, 1.165) is 154 Å². The van der Waals surface area contributed by atoms with Crippen LogP contribution < -0.4 is 0 Å². The van der Waals surface area contributed by atoms with E-state index in [1.54, 1.807) is 6.08 Å². The molecule has 0 saturated carbocycles. The second-order valence-electron chi connectivity index (χ2n) is 26.2. The Balaban J connectivity index is 5.49. The number of rotatable bonds is 74. The molecule has 0 radical (unpaired) electrons. The van der Waals surface area contributed by atoms with E-state index in [9.17, 15) is 43.2 Å². The molecule has 0 spiro atoms. The second-order valence-corrected chi connectivity index (χ2v) is 29.1. The third-order valence-corrected chi connectivity index (χ3v) is 18.1. The van der Waals surface area contributed by atoms with Crippen LogP contribution in [0.2, 0.25) is 0 Å². The van der Waals surface area contributed by atoms with Crippen LogP contribution in [0.5, 0.6) is 0 Å². The molecule has 17 nitrogen and oxygen atoms in total. The smallest absolute Gasteiger partial charge is 0.462 e. The molecular formula is C87H142O17P2. The number of esters is 4. The molecule has 0 heterocycles. The van der Waals surface area contributed by atoms with Crippen molar-refractivity contribution in [3.63, 3.8) is 0 Å². The molecule has 0 aromatic rings. The van der Waals surface area contributed by atoms with Gasteiger partial charge in [0.05, 0.1) is 32.8 Å². The largest absolute Gasteiger partial charge is 0.472 e. The number of allylic oxidation sites excluding steroid dienone is 27. The van der Waals surface area contributed by atoms with E-state index < -0.39 is 97.5 Å². The quantitative estimate of drug-likeness (QED) is 0.0169. The van der Waals surface area contributed by atoms with Crippen LogP contribution in [-0.4, -0.2) is 96.7 Å². The zero-order chi connectivity index (χ0) is 77.4. The van der Waals surface area contributed by atoms with E-state index >= 15 is 0 Å². The van der Waals surface area contributed by atoms with Gasteiger partial charge in [0, 0.05) is 19.3 Å². The van der Waals surface area contributed by atoms with Crippen molar-refractivity contribution in [1.82, 2.24) is 0 Å². The molecule has 106 heavy (non-hydrogen) atoms. The summed E-state index contributed by atoms with van der Waals surface area (Å²) in [5.41, 5.74) is 0. The van der Waals surface area contributed by atoms with Gasteiger partial charge in [0.25, 0.3) is 0 Å². The third-order valence-electron chi connectivity index (χ3n) is 16.2. The minimum absolute atomic E-state index is 0.0511. The molecule has 0 saturated heterocycles. The number of aliphatic hydroxyl groups is 1. The first kappa shape index (κ1) is 100. The minimum atomic E-state index is -5.01. The predicted octanol–water partition coefficient (Wildman–Crippen LogP) is 23.8. The molecule has 0 aromatic carbocycles. The lowest BCUT2D eigenvalue weighted by Gasteiger charge is -2.21. The summed E-state index contributed by atoms with van der Waals surface area (Å²) in [6.07, 6.45) is 92.2. The second kappa shape index (κ2) is 77.6. The normalized spacial score (nSPS) is 14.7. The molecule has 0 aliphatic heterocycles. The Hall–Kier alpha value is -5.58. The highest BCUT2D eigenvalue weighted by atomic mass is 31.2. The van der Waals surface area contributed by atoms with Gasteiger partial charge in [-0.05, 0) is 135 Å². The fourth-order valence-corrected chi connectivity index (χ4v) is 11.8. The van der Waals surface area contributed by atoms with Crippen LogP contribution >= 0.6 is 15.6 Å². The van der Waals surface area contributed by atoms with Crippen LogP contribution in [0.25, 0.3) is 0 Å². The predicted molar refractivity (Wildman–Crippen MR) is 436 cm³/mol. The number of phosphoric acid groups is 2. The Labute approximate surface area is 642 Å². The van der Waals surface area contributed by atoms with Crippen LogP contribution in [0.4, 0.5) is 0 Å². The SMILES string of the molecule is CC/C=C\C/C=C\C/C=C\C/C=C\C/C=C\CCCCCC(=O)OCC(COP(=O)(O)OCC(O)COP(=O)(O)OCC(COC(=O)C/C=C\C/C=C\C/C=C\C/C=C\C/C=C\CC)OC(=O)CCCCCCCCCCCCCCCCC)OC(=O)CCCCCC/C=C\C/C=C\C/C=C\C/C=C\CC. The summed E-state index contributed by atoms with van der Waals surface area (Å²) < 4.78 is 68.5. The summed E-state index contributed by atoms with van der Waals surface area (Å²) in [4.78, 5) is 73.0. The number of hydrogen-bond donors (Lipinski definition) is 3. The molecule has 0 bridgehead atoms. The van der Waals surface area contributed by atoms with E-state index in [-0.39, 0.29) is 25.7 Å². The number of carbonyl (C=O) groups is 4. The molecule has 0 amide bonds. The van der Waals surface area contributed by atoms with Crippen molar-refractivity contribution < 1.29 is 80.2 Å². The Bertz CT molecular complexity index is 2680. The lowest BCUT2D eigenvalue weighted by Crippen LogP contribution is -2.30. The highest BCUT2D eigenvalue weighted by Gasteiger charge is 2.30. The van der Waals surface area contributed by atoms with E-state index in [1.165, 1.54) is 64.2 Å². The van der Waals surface area contributed by atoms with Crippen molar-refractivity contribution in [3.8, 4) is 0 Å². The number of unbranched alkanes of at least 4 members (excludes halogenated alkanes) is 21. The minimum Gasteiger partial charge on any atom is -0.462 e. The molecule has 0 aliphatic carbocycles. The van der Waals surface area contributed by atoms with Crippen LogP contribution in [0.3, 0.4) is 0 Å². The average molecular weight is 1520 g/mol. The first-order valence-electron chi connectivity index (χ1n) is 40.4. The molecular weight excluding hydrogens is 1380 g/mol. The summed E-state index contributed by atoms with van der Waals surface area (Å²) in [5, 5.41) is 10.6. The molecule has 0 rings (SSSR count). The van der Waals surface area contributed by atoms with E-state index in [1.807, 2.05) is 18.2 Å². The number of carbonyl (C=O) groups excluding carboxylic acids is 4. The maximum atomic E-state index is 13.1. The fourth-order valence-electron chi connectivity index (χ4n) is 10.2. The molecule has 5 unspecified atom stereocenters. The highest BCUT2D eigenvalue weighted by Crippen LogP contribution is 2.45. The number of phosphoric ester groups is 2. The standard InChI is InChI=1S/C87H142O17P2/c1-5-9-13-17-21-25-29-33-37-39-40-42-45-48-52-56-60-64-68-72-85(90)98-78-83(104-87(92)74-70-66-62-58-54-50-46-41-38-34-30-26-22-18-14-10-6-2)80-102-106(95,96)100-76-81(88)75-99-105(93,94)101-79-82(103-86(91)73-69-65-61-57-53-49-44-36-32-28-24-20-16-12-8-4)77-97-84(89)71-67-63-59-55-51-47-43-35-31-27-23-19-15-11-7-3/h9-11,13-15,21-23,25-27,33-35,37-38,40,42-43,46,48,50-52,55,63,67,81-83,88H,5-8,12,16-20,24,28-32,36,39,41,44-45,47,49,53-54,56-62,64-66,68-80H2,1-4H3,(H,93,94)(H,95,96)/b13-9-,14-10-,15-11-,25-21-,26-22-,27-23-,37-33-,38-34-,42-40-,43-35-,50-46-,52-48-,55-51-,67-63-. The molecule has 0 aromatic heterocycles. The van der Waals surface area contributed by atoms with Gasteiger partial charge < -0.3 is 33.8 Å². The Kier molecular flexibility index (Phi) is 73.5. The maximum Gasteiger partial charge on any atom is 0.472 e. The molecule has 3 N–H and O–H groups in total.